The van der Waals surface area contributed by atoms with Crippen LogP contribution in [0.5, 0.6) is 5.75 Å². The SMILES string of the molecule is CC(Oc1ccc(Cl)cc1)C(=O)NCCCNC(=O)C(F)(F)F. The first-order valence-corrected chi connectivity index (χ1v) is 7.13. The molecule has 1 aromatic rings. The number of halogens is 4. The minimum absolute atomic E-state index is 0.116. The summed E-state index contributed by atoms with van der Waals surface area (Å²) < 4.78 is 41.1. The number of hydrogen-bond acceptors (Lipinski definition) is 3. The first-order chi connectivity index (χ1) is 10.7. The Bertz CT molecular complexity index is 535. The summed E-state index contributed by atoms with van der Waals surface area (Å²) in [6.07, 6.45) is -5.51. The fourth-order valence-corrected chi connectivity index (χ4v) is 1.64. The Morgan fingerprint density at radius 3 is 2.30 bits per heavy atom. The number of carbonyl (C=O) groups excluding carboxylic acids is 2. The summed E-state index contributed by atoms with van der Waals surface area (Å²) in [5.41, 5.74) is 0. The fraction of sp³-hybridized carbons (Fsp3) is 0.429. The molecule has 0 saturated carbocycles. The lowest BCUT2D eigenvalue weighted by Crippen LogP contribution is -2.40. The number of hydrogen-bond donors (Lipinski definition) is 2. The van der Waals surface area contributed by atoms with Crippen LogP contribution in [0.2, 0.25) is 5.02 Å². The number of rotatable bonds is 7. The molecule has 0 spiro atoms. The summed E-state index contributed by atoms with van der Waals surface area (Å²) in [5.74, 6) is -1.94. The molecule has 0 aliphatic heterocycles. The van der Waals surface area contributed by atoms with E-state index in [0.29, 0.717) is 10.8 Å². The first kappa shape index (κ1) is 19.1. The molecule has 23 heavy (non-hydrogen) atoms. The Kier molecular flexibility index (Phi) is 7.15. The summed E-state index contributed by atoms with van der Waals surface area (Å²) >= 11 is 5.72. The minimum atomic E-state index is -4.90. The van der Waals surface area contributed by atoms with E-state index in [1.54, 1.807) is 29.6 Å². The third kappa shape index (κ3) is 7.23. The smallest absolute Gasteiger partial charge is 0.471 e. The van der Waals surface area contributed by atoms with Crippen molar-refractivity contribution >= 4 is 23.4 Å². The lowest BCUT2D eigenvalue weighted by molar-refractivity contribution is -0.173. The van der Waals surface area contributed by atoms with Crippen LogP contribution < -0.4 is 15.4 Å². The average Bonchev–Trinajstić information content (AvgIpc) is 2.47. The van der Waals surface area contributed by atoms with Gasteiger partial charge in [0, 0.05) is 18.1 Å². The third-order valence-corrected chi connectivity index (χ3v) is 2.94. The molecule has 1 unspecified atom stereocenters. The molecule has 0 aliphatic carbocycles. The van der Waals surface area contributed by atoms with Crippen LogP contribution >= 0.6 is 11.6 Å². The van der Waals surface area contributed by atoms with Crippen LogP contribution in [0, 0.1) is 0 Å². The largest absolute Gasteiger partial charge is 0.481 e. The highest BCUT2D eigenvalue weighted by Gasteiger charge is 2.38. The second-order valence-corrected chi connectivity index (χ2v) is 5.05. The molecule has 0 bridgehead atoms. The molecule has 0 radical (unpaired) electrons. The van der Waals surface area contributed by atoms with Gasteiger partial charge in [-0.05, 0) is 37.6 Å². The van der Waals surface area contributed by atoms with E-state index in [9.17, 15) is 22.8 Å². The van der Waals surface area contributed by atoms with Gasteiger partial charge in [-0.3, -0.25) is 9.59 Å². The van der Waals surface area contributed by atoms with Crippen LogP contribution in [0.25, 0.3) is 0 Å². The zero-order chi connectivity index (χ0) is 17.5. The van der Waals surface area contributed by atoms with Crippen LogP contribution in [0.3, 0.4) is 0 Å². The highest BCUT2D eigenvalue weighted by Crippen LogP contribution is 2.16. The highest BCUT2D eigenvalue weighted by molar-refractivity contribution is 6.30. The zero-order valence-electron chi connectivity index (χ0n) is 12.2. The number of benzene rings is 1. The van der Waals surface area contributed by atoms with Gasteiger partial charge in [-0.2, -0.15) is 13.2 Å². The van der Waals surface area contributed by atoms with Crippen molar-refractivity contribution in [2.75, 3.05) is 13.1 Å². The molecular formula is C14H16ClF3N2O3. The molecular weight excluding hydrogens is 337 g/mol. The van der Waals surface area contributed by atoms with Crippen LogP contribution in [-0.4, -0.2) is 37.2 Å². The van der Waals surface area contributed by atoms with Crippen molar-refractivity contribution in [1.29, 1.82) is 0 Å². The molecule has 128 valence electrons. The van der Waals surface area contributed by atoms with E-state index in [2.05, 4.69) is 5.32 Å². The maximum Gasteiger partial charge on any atom is 0.471 e. The summed E-state index contributed by atoms with van der Waals surface area (Å²) in [6, 6.07) is 6.45. The van der Waals surface area contributed by atoms with Crippen LogP contribution in [0.4, 0.5) is 13.2 Å². The van der Waals surface area contributed by atoms with Gasteiger partial charge in [-0.15, -0.1) is 0 Å². The number of ether oxygens (including phenoxy) is 1. The topological polar surface area (TPSA) is 67.4 Å². The van der Waals surface area contributed by atoms with Crippen LogP contribution in [0.15, 0.2) is 24.3 Å². The predicted molar refractivity (Wildman–Crippen MR) is 78.2 cm³/mol. The zero-order valence-corrected chi connectivity index (χ0v) is 13.0. The maximum absolute atomic E-state index is 11.9. The van der Waals surface area contributed by atoms with Gasteiger partial charge in [0.2, 0.25) is 0 Å². The van der Waals surface area contributed by atoms with Crippen molar-refractivity contribution in [2.45, 2.75) is 25.6 Å². The van der Waals surface area contributed by atoms with Crippen molar-refractivity contribution in [3.8, 4) is 5.75 Å². The maximum atomic E-state index is 11.9. The monoisotopic (exact) mass is 352 g/mol. The van der Waals surface area contributed by atoms with Crippen molar-refractivity contribution < 1.29 is 27.5 Å². The molecule has 2 N–H and O–H groups in total. The Labute approximate surface area is 136 Å². The second kappa shape index (κ2) is 8.61. The molecule has 1 aromatic carbocycles. The normalized spacial score (nSPS) is 12.4. The summed E-state index contributed by atoms with van der Waals surface area (Å²) in [5, 5.41) is 4.75. The molecule has 9 heteroatoms. The van der Waals surface area contributed by atoms with Gasteiger partial charge >= 0.3 is 12.1 Å². The molecule has 0 aromatic heterocycles. The van der Waals surface area contributed by atoms with Crippen molar-refractivity contribution in [3.05, 3.63) is 29.3 Å². The van der Waals surface area contributed by atoms with Gasteiger partial charge in [0.1, 0.15) is 5.75 Å². The standard InChI is InChI=1S/C14H16ClF3N2O3/c1-9(23-11-5-3-10(15)4-6-11)12(21)19-7-2-8-20-13(22)14(16,17)18/h3-6,9H,2,7-8H2,1H3,(H,19,21)(H,20,22). The highest BCUT2D eigenvalue weighted by atomic mass is 35.5. The van der Waals surface area contributed by atoms with Gasteiger partial charge in [0.05, 0.1) is 0 Å². The van der Waals surface area contributed by atoms with E-state index >= 15 is 0 Å². The average molecular weight is 353 g/mol. The molecule has 2 amide bonds. The molecule has 0 fully saturated rings. The Hall–Kier alpha value is -1.96. The Morgan fingerprint density at radius 1 is 1.17 bits per heavy atom. The molecule has 5 nitrogen and oxygen atoms in total. The van der Waals surface area contributed by atoms with Gasteiger partial charge in [-0.1, -0.05) is 11.6 Å². The van der Waals surface area contributed by atoms with Gasteiger partial charge in [-0.25, -0.2) is 0 Å². The quantitative estimate of drug-likeness (QED) is 0.740. The lowest BCUT2D eigenvalue weighted by atomic mass is 10.3. The van der Waals surface area contributed by atoms with Crippen LogP contribution in [0.1, 0.15) is 13.3 Å². The summed E-state index contributed by atoms with van der Waals surface area (Å²) in [4.78, 5) is 22.3. The van der Waals surface area contributed by atoms with E-state index < -0.39 is 24.1 Å². The van der Waals surface area contributed by atoms with Gasteiger partial charge < -0.3 is 15.4 Å². The molecule has 0 heterocycles. The van der Waals surface area contributed by atoms with E-state index in [1.807, 2.05) is 0 Å². The third-order valence-electron chi connectivity index (χ3n) is 2.69. The molecule has 0 aliphatic rings. The minimum Gasteiger partial charge on any atom is -0.481 e. The predicted octanol–water partition coefficient (Wildman–Crippen LogP) is 2.29. The van der Waals surface area contributed by atoms with Crippen molar-refractivity contribution in [1.82, 2.24) is 10.6 Å². The van der Waals surface area contributed by atoms with Gasteiger partial charge in [0.25, 0.3) is 5.91 Å². The van der Waals surface area contributed by atoms with E-state index in [0.717, 1.165) is 0 Å². The Morgan fingerprint density at radius 2 is 1.74 bits per heavy atom. The Balaban J connectivity index is 2.23. The van der Waals surface area contributed by atoms with E-state index in [4.69, 9.17) is 16.3 Å². The summed E-state index contributed by atoms with van der Waals surface area (Å²) in [6.45, 7) is 1.46. The van der Waals surface area contributed by atoms with E-state index in [1.165, 1.54) is 6.92 Å². The van der Waals surface area contributed by atoms with Gasteiger partial charge in [0.15, 0.2) is 6.10 Å². The summed E-state index contributed by atoms with van der Waals surface area (Å²) in [7, 11) is 0. The van der Waals surface area contributed by atoms with Crippen molar-refractivity contribution in [2.24, 2.45) is 0 Å². The number of nitrogens with one attached hydrogen (secondary N) is 2. The molecule has 1 rings (SSSR count). The number of alkyl halides is 3. The second-order valence-electron chi connectivity index (χ2n) is 4.61. The molecule has 1 atom stereocenters. The van der Waals surface area contributed by atoms with Crippen LogP contribution in [-0.2, 0) is 9.59 Å². The number of amides is 2. The fourth-order valence-electron chi connectivity index (χ4n) is 1.52. The lowest BCUT2D eigenvalue weighted by Gasteiger charge is -2.15. The van der Waals surface area contributed by atoms with Crippen molar-refractivity contribution in [3.63, 3.8) is 0 Å². The number of carbonyl (C=O) groups is 2. The molecule has 0 saturated heterocycles. The first-order valence-electron chi connectivity index (χ1n) is 6.75. The van der Waals surface area contributed by atoms with E-state index in [-0.39, 0.29) is 19.5 Å².